The molecule has 9 nitrogen and oxygen atoms in total. The molecule has 50 heavy (non-hydrogen) atoms. The Morgan fingerprint density at radius 1 is 0.940 bits per heavy atom. The van der Waals surface area contributed by atoms with Gasteiger partial charge in [0.1, 0.15) is 0 Å². The number of hydrazone groups is 1. The van der Waals surface area contributed by atoms with Crippen LogP contribution < -0.4 is 5.84 Å². The monoisotopic (exact) mass is 720 g/mol. The van der Waals surface area contributed by atoms with Crippen LogP contribution in [0.15, 0.2) is 51.0 Å². The van der Waals surface area contributed by atoms with Gasteiger partial charge in [-0.2, -0.15) is 44.5 Å². The van der Waals surface area contributed by atoms with Crippen LogP contribution in [-0.2, 0) is 38.0 Å². The maximum atomic E-state index is 14.0. The average Bonchev–Trinajstić information content (AvgIpc) is 3.52. The van der Waals surface area contributed by atoms with Crippen molar-refractivity contribution in [2.24, 2.45) is 15.9 Å². The first kappa shape index (κ1) is 38.6. The van der Waals surface area contributed by atoms with Gasteiger partial charge < -0.3 is 9.42 Å². The van der Waals surface area contributed by atoms with E-state index in [4.69, 9.17) is 10.4 Å². The van der Waals surface area contributed by atoms with Crippen molar-refractivity contribution in [3.05, 3.63) is 81.5 Å². The number of nitrogens with zero attached hydrogens (tertiary/aromatic N) is 7. The molecule has 1 aliphatic rings. The summed E-state index contributed by atoms with van der Waals surface area (Å²) in [4.78, 5) is 11.4. The summed E-state index contributed by atoms with van der Waals surface area (Å²) in [6, 6.07) is 3.87. The third-order valence-corrected chi connectivity index (χ3v) is 8.39. The molecule has 1 atom stereocenters. The summed E-state index contributed by atoms with van der Waals surface area (Å²) in [7, 11) is 1.28. The number of guanidine groups is 1. The predicted octanol–water partition coefficient (Wildman–Crippen LogP) is 7.80. The van der Waals surface area contributed by atoms with Crippen LogP contribution in [0, 0.1) is 0 Å². The van der Waals surface area contributed by atoms with Gasteiger partial charge in [-0.05, 0) is 86.1 Å². The van der Waals surface area contributed by atoms with Crippen LogP contribution >= 0.6 is 0 Å². The van der Waals surface area contributed by atoms with Gasteiger partial charge in [-0.25, -0.2) is 16.0 Å². The topological polar surface area (TPSA) is 99.4 Å². The molecule has 274 valence electrons. The Hall–Kier alpha value is -4.19. The molecule has 1 aromatic heterocycles. The second kappa shape index (κ2) is 15.4. The lowest BCUT2D eigenvalue weighted by Crippen LogP contribution is -2.37. The zero-order valence-electron chi connectivity index (χ0n) is 27.5. The molecular formula is C32H37F9N8O. The number of aryl methyl sites for hydroxylation is 1. The summed E-state index contributed by atoms with van der Waals surface area (Å²) >= 11 is 0. The molecule has 3 aromatic rings. The minimum Gasteiger partial charge on any atom is -0.339 e. The molecule has 1 fully saturated rings. The Morgan fingerprint density at radius 3 is 2.02 bits per heavy atom. The second-order valence-corrected chi connectivity index (χ2v) is 12.0. The standard InChI is InChI=1S/C32H37F9N8O/c1-5-26(48-11-9-20(10-12-48)28-44-27(6-2)46-50-28)25-8-7-22(30(33,34)35)15-21(25)18-49(29(43-3)45-47(4)42)17-19-13-23(31(36,37)38)16-24(14-19)32(39,40)41/h7-8,13-16,20,26H,3,5-6,9-12,17-18,42H2,1-2,4H3/b45-29+. The Bertz CT molecular complexity index is 1610. The molecule has 2 aromatic carbocycles. The van der Waals surface area contributed by atoms with E-state index in [1.165, 1.54) is 13.1 Å². The number of likely N-dealkylation sites (tertiary alicyclic amines) is 1. The highest BCUT2D eigenvalue weighted by molar-refractivity contribution is 5.84. The summed E-state index contributed by atoms with van der Waals surface area (Å²) in [6.45, 7) is 7.14. The van der Waals surface area contributed by atoms with Crippen molar-refractivity contribution >= 4 is 12.7 Å². The summed E-state index contributed by atoms with van der Waals surface area (Å²) in [5.41, 5.74) is -3.95. The van der Waals surface area contributed by atoms with Crippen molar-refractivity contribution in [1.29, 1.82) is 0 Å². The molecular weight excluding hydrogens is 683 g/mol. The van der Waals surface area contributed by atoms with Crippen molar-refractivity contribution in [1.82, 2.24) is 25.1 Å². The van der Waals surface area contributed by atoms with Gasteiger partial charge in [0.25, 0.3) is 0 Å². The SMILES string of the molecule is C=N/C(=N\N(C)N)N(Cc1cc(C(F)(F)F)cc(C(F)(F)F)c1)Cc1cc(C(F)(F)F)ccc1C(CC)N1CCC(c2nc(CC)no2)CC1. The van der Waals surface area contributed by atoms with E-state index in [0.29, 0.717) is 68.2 Å². The van der Waals surface area contributed by atoms with Crippen LogP contribution in [0.2, 0.25) is 0 Å². The number of aromatic nitrogens is 2. The van der Waals surface area contributed by atoms with Gasteiger partial charge in [-0.3, -0.25) is 4.90 Å². The van der Waals surface area contributed by atoms with E-state index in [-0.39, 0.29) is 23.5 Å². The number of alkyl halides is 9. The van der Waals surface area contributed by atoms with E-state index in [9.17, 15) is 39.5 Å². The minimum atomic E-state index is -5.12. The van der Waals surface area contributed by atoms with Crippen molar-refractivity contribution in [2.75, 3.05) is 20.1 Å². The van der Waals surface area contributed by atoms with Gasteiger partial charge in [-0.1, -0.05) is 25.1 Å². The second-order valence-electron chi connectivity index (χ2n) is 12.0. The molecule has 0 bridgehead atoms. The summed E-state index contributed by atoms with van der Waals surface area (Å²) in [5, 5.41) is 8.70. The van der Waals surface area contributed by atoms with Gasteiger partial charge in [-0.15, -0.1) is 5.10 Å². The number of aliphatic imine (C=N–C) groups is 1. The van der Waals surface area contributed by atoms with Gasteiger partial charge in [0.2, 0.25) is 11.9 Å². The van der Waals surface area contributed by atoms with Crippen molar-refractivity contribution in [2.45, 2.75) is 83.1 Å². The van der Waals surface area contributed by atoms with Gasteiger partial charge in [0.05, 0.1) is 16.7 Å². The van der Waals surface area contributed by atoms with E-state index in [0.717, 1.165) is 22.2 Å². The lowest BCUT2D eigenvalue weighted by molar-refractivity contribution is -0.143. The minimum absolute atomic E-state index is 0.00105. The zero-order valence-corrected chi connectivity index (χ0v) is 27.5. The molecule has 0 radical (unpaired) electrons. The molecule has 2 heterocycles. The lowest BCUT2D eigenvalue weighted by atomic mass is 9.90. The summed E-state index contributed by atoms with van der Waals surface area (Å²) in [6.07, 6.45) is -12.6. The number of hydrogen-bond donors (Lipinski definition) is 1. The first-order valence-corrected chi connectivity index (χ1v) is 15.7. The fourth-order valence-corrected chi connectivity index (χ4v) is 6.02. The van der Waals surface area contributed by atoms with Crippen molar-refractivity contribution in [3.8, 4) is 0 Å². The average molecular weight is 721 g/mol. The molecule has 0 saturated carbocycles. The highest BCUT2D eigenvalue weighted by atomic mass is 19.4. The quantitative estimate of drug-likeness (QED) is 0.0751. The first-order chi connectivity index (χ1) is 23.3. The third-order valence-electron chi connectivity index (χ3n) is 8.39. The van der Waals surface area contributed by atoms with Gasteiger partial charge in [0, 0.05) is 38.5 Å². The van der Waals surface area contributed by atoms with Crippen LogP contribution in [0.1, 0.15) is 90.2 Å². The molecule has 0 aliphatic carbocycles. The maximum absolute atomic E-state index is 14.0. The molecule has 1 aliphatic heterocycles. The number of halogens is 9. The van der Waals surface area contributed by atoms with Crippen LogP contribution in [-0.4, -0.2) is 57.9 Å². The molecule has 2 N–H and O–H groups in total. The Balaban J connectivity index is 1.76. The molecule has 1 unspecified atom stereocenters. The molecule has 4 rings (SSSR count). The first-order valence-electron chi connectivity index (χ1n) is 15.7. The van der Waals surface area contributed by atoms with Crippen molar-refractivity contribution in [3.63, 3.8) is 0 Å². The van der Waals surface area contributed by atoms with Gasteiger partial charge >= 0.3 is 18.5 Å². The van der Waals surface area contributed by atoms with Crippen LogP contribution in [0.25, 0.3) is 0 Å². The fraction of sp³-hybridized carbons (Fsp3) is 0.500. The normalized spacial score (nSPS) is 16.1. The lowest BCUT2D eigenvalue weighted by Gasteiger charge is -2.38. The number of benzene rings is 2. The molecule has 0 spiro atoms. The van der Waals surface area contributed by atoms with E-state index in [2.05, 4.69) is 31.9 Å². The Kier molecular flexibility index (Phi) is 11.9. The third kappa shape index (κ3) is 9.53. The summed E-state index contributed by atoms with van der Waals surface area (Å²) < 4.78 is 130. The van der Waals surface area contributed by atoms with E-state index < -0.39 is 59.9 Å². The van der Waals surface area contributed by atoms with Crippen LogP contribution in [0.4, 0.5) is 39.5 Å². The number of piperidine rings is 1. The van der Waals surface area contributed by atoms with E-state index in [1.54, 1.807) is 0 Å². The molecule has 0 amide bonds. The largest absolute Gasteiger partial charge is 0.416 e. The Morgan fingerprint density at radius 2 is 1.54 bits per heavy atom. The molecule has 1 saturated heterocycles. The maximum Gasteiger partial charge on any atom is 0.416 e. The molecule has 18 heteroatoms. The van der Waals surface area contributed by atoms with Gasteiger partial charge in [0.15, 0.2) is 5.82 Å². The number of hydrogen-bond acceptors (Lipinski definition) is 7. The fourth-order valence-electron chi connectivity index (χ4n) is 6.02. The Labute approximate surface area is 282 Å². The highest BCUT2D eigenvalue weighted by Gasteiger charge is 2.38. The van der Waals surface area contributed by atoms with Crippen LogP contribution in [0.5, 0.6) is 0 Å². The smallest absolute Gasteiger partial charge is 0.339 e. The number of nitrogens with two attached hydrogens (primary N) is 1. The van der Waals surface area contributed by atoms with E-state index >= 15 is 0 Å². The van der Waals surface area contributed by atoms with Crippen molar-refractivity contribution < 1.29 is 44.0 Å². The number of rotatable bonds is 10. The summed E-state index contributed by atoms with van der Waals surface area (Å²) in [5.74, 6) is 6.43. The van der Waals surface area contributed by atoms with E-state index in [1.807, 2.05) is 13.8 Å². The highest BCUT2D eigenvalue weighted by Crippen LogP contribution is 2.39. The predicted molar refractivity (Wildman–Crippen MR) is 166 cm³/mol. The zero-order chi connectivity index (χ0) is 37.0. The van der Waals surface area contributed by atoms with Crippen LogP contribution in [0.3, 0.4) is 0 Å². The number of hydrazine groups is 1.